The predicted octanol–water partition coefficient (Wildman–Crippen LogP) is 4.98. The van der Waals surface area contributed by atoms with Crippen LogP contribution in [0.25, 0.3) is 10.9 Å². The van der Waals surface area contributed by atoms with Crippen molar-refractivity contribution in [3.8, 4) is 5.75 Å². The molecule has 0 aliphatic rings. The second-order valence-corrected chi connectivity index (χ2v) is 8.32. The highest BCUT2D eigenvalue weighted by atomic mass is 79.9. The van der Waals surface area contributed by atoms with Crippen LogP contribution in [-0.2, 0) is 17.8 Å². The maximum atomic E-state index is 14.0. The number of nitrogens with zero attached hydrogens (tertiary/aromatic N) is 2. The van der Waals surface area contributed by atoms with E-state index in [9.17, 15) is 13.6 Å². The number of nitrogens with two attached hydrogens (primary N) is 1. The zero-order valence-electron chi connectivity index (χ0n) is 17.9. The van der Waals surface area contributed by atoms with Gasteiger partial charge in [0.25, 0.3) is 0 Å². The van der Waals surface area contributed by atoms with E-state index in [0.29, 0.717) is 17.6 Å². The molecule has 4 aromatic rings. The zero-order valence-corrected chi connectivity index (χ0v) is 19.5. The van der Waals surface area contributed by atoms with Crippen LogP contribution in [0, 0.1) is 11.6 Å². The summed E-state index contributed by atoms with van der Waals surface area (Å²) in [7, 11) is 0. The van der Waals surface area contributed by atoms with Crippen molar-refractivity contribution in [3.63, 3.8) is 0 Å². The number of pyridine rings is 2. The molecule has 1 atom stereocenters. The molecule has 0 saturated heterocycles. The normalized spacial score (nSPS) is 11.9. The third-order valence-electron chi connectivity index (χ3n) is 5.00. The number of esters is 1. The lowest BCUT2D eigenvalue weighted by Gasteiger charge is -2.17. The van der Waals surface area contributed by atoms with Crippen molar-refractivity contribution in [2.45, 2.75) is 19.1 Å². The lowest BCUT2D eigenvalue weighted by Crippen LogP contribution is -2.31. The Bertz CT molecular complexity index is 1320. The van der Waals surface area contributed by atoms with E-state index in [4.69, 9.17) is 15.2 Å². The summed E-state index contributed by atoms with van der Waals surface area (Å²) in [5.74, 6) is -1.54. The minimum absolute atomic E-state index is 0.0316. The molecule has 0 spiro atoms. The quantitative estimate of drug-likeness (QED) is 0.257. The molecule has 9 heteroatoms. The number of carbonyl (C=O) groups excluding carboxylic acids is 1. The maximum Gasteiger partial charge on any atom is 0.342 e. The first-order valence-corrected chi connectivity index (χ1v) is 11.2. The van der Waals surface area contributed by atoms with Crippen LogP contribution in [0.1, 0.15) is 21.6 Å². The smallest absolute Gasteiger partial charge is 0.342 e. The van der Waals surface area contributed by atoms with Gasteiger partial charge in [-0.15, -0.1) is 0 Å². The summed E-state index contributed by atoms with van der Waals surface area (Å²) in [4.78, 5) is 21.2. The van der Waals surface area contributed by atoms with Crippen LogP contribution in [-0.4, -0.2) is 28.6 Å². The van der Waals surface area contributed by atoms with E-state index in [1.54, 1.807) is 12.1 Å². The van der Waals surface area contributed by atoms with Crippen LogP contribution >= 0.6 is 15.9 Å². The number of ether oxygens (including phenoxy) is 2. The standard InChI is InChI=1S/C25H20BrF2N3O3/c26-24-20(28)7-6-18(31-24)11-17(29)14-33-22-9-8-21-19(10-16(27)12-30-21)23(22)25(32)34-13-15-4-2-1-3-5-15/h1-10,12,17H,11,13-14,29H2/t17-/m1/s1. The van der Waals surface area contributed by atoms with Gasteiger partial charge in [0.2, 0.25) is 0 Å². The maximum absolute atomic E-state index is 14.0. The Morgan fingerprint density at radius 1 is 1.09 bits per heavy atom. The molecule has 0 aliphatic heterocycles. The van der Waals surface area contributed by atoms with E-state index in [2.05, 4.69) is 25.9 Å². The summed E-state index contributed by atoms with van der Waals surface area (Å²) in [6.45, 7) is 0.0762. The van der Waals surface area contributed by atoms with E-state index in [-0.39, 0.29) is 34.5 Å². The second kappa shape index (κ2) is 10.7. The molecule has 4 rings (SSSR count). The molecule has 174 valence electrons. The number of carbonyl (C=O) groups is 1. The van der Waals surface area contributed by atoms with Gasteiger partial charge in [-0.2, -0.15) is 0 Å². The molecule has 0 radical (unpaired) electrons. The monoisotopic (exact) mass is 527 g/mol. The van der Waals surface area contributed by atoms with E-state index < -0.39 is 23.6 Å². The Balaban J connectivity index is 1.54. The Kier molecular flexibility index (Phi) is 7.44. The number of benzene rings is 2. The Morgan fingerprint density at radius 3 is 2.65 bits per heavy atom. The number of hydrogen-bond acceptors (Lipinski definition) is 6. The molecule has 6 nitrogen and oxygen atoms in total. The topological polar surface area (TPSA) is 87.3 Å². The van der Waals surface area contributed by atoms with Crippen molar-refractivity contribution < 1.29 is 23.0 Å². The van der Waals surface area contributed by atoms with Gasteiger partial charge in [0.15, 0.2) is 5.82 Å². The molecule has 2 aromatic heterocycles. The van der Waals surface area contributed by atoms with E-state index >= 15 is 0 Å². The second-order valence-electron chi connectivity index (χ2n) is 7.57. The van der Waals surface area contributed by atoms with E-state index in [1.807, 2.05) is 30.3 Å². The number of hydrogen-bond donors (Lipinski definition) is 1. The summed E-state index contributed by atoms with van der Waals surface area (Å²) in [6, 6.07) is 15.9. The fraction of sp³-hybridized carbons (Fsp3) is 0.160. The van der Waals surface area contributed by atoms with Crippen LogP contribution < -0.4 is 10.5 Å². The van der Waals surface area contributed by atoms with E-state index in [0.717, 1.165) is 11.8 Å². The first-order valence-electron chi connectivity index (χ1n) is 10.4. The first kappa shape index (κ1) is 23.7. The lowest BCUT2D eigenvalue weighted by atomic mass is 10.1. The molecule has 0 saturated carbocycles. The average Bonchev–Trinajstić information content (AvgIpc) is 2.83. The van der Waals surface area contributed by atoms with Crippen molar-refractivity contribution in [1.82, 2.24) is 9.97 Å². The molecule has 34 heavy (non-hydrogen) atoms. The molecule has 2 N–H and O–H groups in total. The van der Waals surface area contributed by atoms with Gasteiger partial charge in [0.05, 0.1) is 11.7 Å². The van der Waals surface area contributed by atoms with Crippen LogP contribution in [0.15, 0.2) is 71.5 Å². The minimum atomic E-state index is -0.672. The molecular formula is C25H20BrF2N3O3. The average molecular weight is 528 g/mol. The number of aromatic nitrogens is 2. The van der Waals surface area contributed by atoms with Crippen molar-refractivity contribution in [3.05, 3.63) is 99.9 Å². The Morgan fingerprint density at radius 2 is 1.88 bits per heavy atom. The van der Waals surface area contributed by atoms with Crippen LogP contribution in [0.2, 0.25) is 0 Å². The number of rotatable bonds is 8. The van der Waals surface area contributed by atoms with Crippen LogP contribution in [0.4, 0.5) is 8.78 Å². The van der Waals surface area contributed by atoms with Crippen molar-refractivity contribution in [2.24, 2.45) is 5.73 Å². The molecule has 0 fully saturated rings. The molecule has 0 amide bonds. The minimum Gasteiger partial charge on any atom is -0.491 e. The van der Waals surface area contributed by atoms with Gasteiger partial charge in [0, 0.05) is 23.5 Å². The van der Waals surface area contributed by atoms with Gasteiger partial charge in [-0.05, 0) is 51.8 Å². The van der Waals surface area contributed by atoms with Crippen LogP contribution in [0.3, 0.4) is 0 Å². The van der Waals surface area contributed by atoms with Gasteiger partial charge < -0.3 is 15.2 Å². The van der Waals surface area contributed by atoms with Crippen molar-refractivity contribution in [1.29, 1.82) is 0 Å². The molecule has 0 unspecified atom stereocenters. The lowest BCUT2D eigenvalue weighted by molar-refractivity contribution is 0.0470. The summed E-state index contributed by atoms with van der Waals surface area (Å²) < 4.78 is 38.8. The van der Waals surface area contributed by atoms with Gasteiger partial charge in [-0.25, -0.2) is 18.6 Å². The van der Waals surface area contributed by atoms with Crippen LogP contribution in [0.5, 0.6) is 5.75 Å². The third-order valence-corrected chi connectivity index (χ3v) is 5.55. The summed E-state index contributed by atoms with van der Waals surface area (Å²) in [5, 5.41) is 0.272. The molecular weight excluding hydrogens is 508 g/mol. The zero-order chi connectivity index (χ0) is 24.1. The largest absolute Gasteiger partial charge is 0.491 e. The summed E-state index contributed by atoms with van der Waals surface area (Å²) in [6.07, 6.45) is 1.39. The molecule has 0 aliphatic carbocycles. The first-order chi connectivity index (χ1) is 16.4. The van der Waals surface area contributed by atoms with Gasteiger partial charge in [-0.1, -0.05) is 30.3 Å². The van der Waals surface area contributed by atoms with Gasteiger partial charge in [0.1, 0.15) is 34.9 Å². The number of fused-ring (bicyclic) bond motifs is 1. The molecule has 0 bridgehead atoms. The highest BCUT2D eigenvalue weighted by molar-refractivity contribution is 9.10. The summed E-state index contributed by atoms with van der Waals surface area (Å²) in [5.41, 5.74) is 8.05. The fourth-order valence-electron chi connectivity index (χ4n) is 3.37. The summed E-state index contributed by atoms with van der Waals surface area (Å²) >= 11 is 3.05. The van der Waals surface area contributed by atoms with Crippen molar-refractivity contribution in [2.75, 3.05) is 6.61 Å². The number of halogens is 3. The van der Waals surface area contributed by atoms with E-state index in [1.165, 1.54) is 18.2 Å². The third kappa shape index (κ3) is 5.73. The fourth-order valence-corrected chi connectivity index (χ4v) is 3.73. The van der Waals surface area contributed by atoms with Crippen molar-refractivity contribution >= 4 is 32.8 Å². The van der Waals surface area contributed by atoms with Gasteiger partial charge >= 0.3 is 5.97 Å². The SMILES string of the molecule is N[C@@H](COc1ccc2ncc(F)cc2c1C(=O)OCc1ccccc1)Cc1ccc(F)c(Br)n1. The molecule has 2 aromatic carbocycles. The molecule has 2 heterocycles. The predicted molar refractivity (Wildman–Crippen MR) is 126 cm³/mol. The Labute approximate surface area is 202 Å². The highest BCUT2D eigenvalue weighted by Crippen LogP contribution is 2.29. The van der Waals surface area contributed by atoms with Gasteiger partial charge in [-0.3, -0.25) is 4.98 Å². The Hall–Kier alpha value is -3.43. The highest BCUT2D eigenvalue weighted by Gasteiger charge is 2.21.